The van der Waals surface area contributed by atoms with E-state index in [1.807, 2.05) is 31.2 Å². The van der Waals surface area contributed by atoms with Crippen molar-refractivity contribution in [1.82, 2.24) is 14.9 Å². The van der Waals surface area contributed by atoms with Crippen LogP contribution in [0.25, 0.3) is 11.4 Å². The first-order valence-electron chi connectivity index (χ1n) is 7.72. The molecule has 2 N–H and O–H groups in total. The maximum absolute atomic E-state index is 6.08. The van der Waals surface area contributed by atoms with Crippen molar-refractivity contribution in [2.24, 2.45) is 0 Å². The normalized spacial score (nSPS) is 10.9. The van der Waals surface area contributed by atoms with Crippen molar-refractivity contribution in [3.8, 4) is 17.1 Å². The second kappa shape index (κ2) is 7.44. The van der Waals surface area contributed by atoms with Crippen LogP contribution >= 0.6 is 11.8 Å². The Kier molecular flexibility index (Phi) is 5.10. The number of benzene rings is 1. The third-order valence-corrected chi connectivity index (χ3v) is 4.57. The highest BCUT2D eigenvalue weighted by Gasteiger charge is 2.15. The molecule has 1 aromatic carbocycles. The molecule has 0 amide bonds. The smallest absolute Gasteiger partial charge is 0.210 e. The summed E-state index contributed by atoms with van der Waals surface area (Å²) in [5, 5.41) is 8.98. The average Bonchev–Trinajstić information content (AvgIpc) is 3.13. The maximum atomic E-state index is 6.08. The predicted octanol–water partition coefficient (Wildman–Crippen LogP) is 3.43. The Morgan fingerprint density at radius 3 is 2.88 bits per heavy atom. The number of thioether (sulfide) groups is 1. The van der Waals surface area contributed by atoms with Crippen molar-refractivity contribution < 1.29 is 9.15 Å². The molecule has 3 rings (SSSR count). The van der Waals surface area contributed by atoms with E-state index in [1.165, 1.54) is 10.2 Å². The standard InChI is InChI=1S/C17H20N4O2S/c1-12-5-3-6-14(11-12)23-8-4-10-24-17-20-19-16(21(17)18)15-7-9-22-13(15)2/h3,5-7,9,11H,4,8,10,18H2,1-2H3. The van der Waals surface area contributed by atoms with Gasteiger partial charge in [-0.1, -0.05) is 23.9 Å². The molecule has 0 aliphatic rings. The van der Waals surface area contributed by atoms with Crippen molar-refractivity contribution in [1.29, 1.82) is 0 Å². The van der Waals surface area contributed by atoms with Crippen LogP contribution in [0.1, 0.15) is 17.7 Å². The van der Waals surface area contributed by atoms with E-state index in [4.69, 9.17) is 15.0 Å². The zero-order valence-electron chi connectivity index (χ0n) is 13.7. The molecule has 0 saturated carbocycles. The molecule has 0 aliphatic heterocycles. The van der Waals surface area contributed by atoms with Crippen LogP contribution in [0.15, 0.2) is 46.2 Å². The van der Waals surface area contributed by atoms with Gasteiger partial charge in [-0.2, -0.15) is 0 Å². The molecular formula is C17H20N4O2S. The molecule has 0 unspecified atom stereocenters. The van der Waals surface area contributed by atoms with Gasteiger partial charge < -0.3 is 15.0 Å². The van der Waals surface area contributed by atoms with Crippen molar-refractivity contribution in [3.05, 3.63) is 47.9 Å². The number of nitrogens with two attached hydrogens (primary N) is 1. The van der Waals surface area contributed by atoms with Crippen LogP contribution in [-0.2, 0) is 0 Å². The van der Waals surface area contributed by atoms with Crippen molar-refractivity contribution in [2.45, 2.75) is 25.4 Å². The summed E-state index contributed by atoms with van der Waals surface area (Å²) in [7, 11) is 0. The number of rotatable bonds is 7. The summed E-state index contributed by atoms with van der Waals surface area (Å²) in [4.78, 5) is 0. The summed E-state index contributed by atoms with van der Waals surface area (Å²) in [6.45, 7) is 4.58. The predicted molar refractivity (Wildman–Crippen MR) is 94.6 cm³/mol. The van der Waals surface area contributed by atoms with E-state index in [2.05, 4.69) is 23.2 Å². The monoisotopic (exact) mass is 344 g/mol. The van der Waals surface area contributed by atoms with Gasteiger partial charge in [0.05, 0.1) is 18.4 Å². The Labute approximate surface area is 145 Å². The third-order valence-electron chi connectivity index (χ3n) is 3.54. The Bertz CT molecular complexity index is 813. The van der Waals surface area contributed by atoms with Crippen molar-refractivity contribution in [2.75, 3.05) is 18.2 Å². The minimum atomic E-state index is 0.611. The number of ether oxygens (including phenoxy) is 1. The first-order valence-corrected chi connectivity index (χ1v) is 8.71. The van der Waals surface area contributed by atoms with Gasteiger partial charge in [0.25, 0.3) is 0 Å². The van der Waals surface area contributed by atoms with Crippen LogP contribution in [0.4, 0.5) is 0 Å². The molecule has 24 heavy (non-hydrogen) atoms. The molecule has 0 atom stereocenters. The Morgan fingerprint density at radius 1 is 1.25 bits per heavy atom. The molecule has 0 radical (unpaired) electrons. The van der Waals surface area contributed by atoms with Gasteiger partial charge in [0, 0.05) is 5.75 Å². The zero-order valence-corrected chi connectivity index (χ0v) is 14.5. The number of nitrogen functional groups attached to an aromatic ring is 1. The number of hydrogen-bond acceptors (Lipinski definition) is 6. The van der Waals surface area contributed by atoms with Crippen LogP contribution in [0.5, 0.6) is 5.75 Å². The van der Waals surface area contributed by atoms with Crippen LogP contribution < -0.4 is 10.6 Å². The van der Waals surface area contributed by atoms with Crippen LogP contribution in [0, 0.1) is 13.8 Å². The number of hydrogen-bond donors (Lipinski definition) is 1. The lowest BCUT2D eigenvalue weighted by Gasteiger charge is -2.06. The minimum Gasteiger partial charge on any atom is -0.494 e. The van der Waals surface area contributed by atoms with Crippen molar-refractivity contribution in [3.63, 3.8) is 0 Å². The zero-order chi connectivity index (χ0) is 16.9. The van der Waals surface area contributed by atoms with Gasteiger partial charge in [-0.15, -0.1) is 10.2 Å². The summed E-state index contributed by atoms with van der Waals surface area (Å²) in [6.07, 6.45) is 2.51. The second-order valence-electron chi connectivity index (χ2n) is 5.43. The highest BCUT2D eigenvalue weighted by atomic mass is 32.2. The number of nitrogens with zero attached hydrogens (tertiary/aromatic N) is 3. The van der Waals surface area contributed by atoms with E-state index in [9.17, 15) is 0 Å². The van der Waals surface area contributed by atoms with Crippen molar-refractivity contribution >= 4 is 11.8 Å². The second-order valence-corrected chi connectivity index (χ2v) is 6.50. The number of furan rings is 1. The number of aryl methyl sites for hydroxylation is 2. The first kappa shape index (κ1) is 16.4. The Morgan fingerprint density at radius 2 is 2.12 bits per heavy atom. The van der Waals surface area contributed by atoms with Crippen LogP contribution in [0.3, 0.4) is 0 Å². The topological polar surface area (TPSA) is 79.1 Å². The lowest BCUT2D eigenvalue weighted by molar-refractivity contribution is 0.318. The van der Waals surface area contributed by atoms with E-state index in [1.54, 1.807) is 18.0 Å². The first-order chi connectivity index (χ1) is 11.6. The quantitative estimate of drug-likeness (QED) is 0.402. The van der Waals surface area contributed by atoms with Gasteiger partial charge in [-0.3, -0.25) is 0 Å². The van der Waals surface area contributed by atoms with Crippen LogP contribution in [0.2, 0.25) is 0 Å². The molecule has 0 fully saturated rings. The Balaban J connectivity index is 1.49. The third kappa shape index (κ3) is 3.73. The fourth-order valence-electron chi connectivity index (χ4n) is 2.29. The average molecular weight is 344 g/mol. The summed E-state index contributed by atoms with van der Waals surface area (Å²) in [5.74, 6) is 9.23. The molecule has 0 bridgehead atoms. The number of aromatic nitrogens is 3. The highest BCUT2D eigenvalue weighted by Crippen LogP contribution is 2.25. The van der Waals surface area contributed by atoms with Gasteiger partial charge >= 0.3 is 0 Å². The summed E-state index contributed by atoms with van der Waals surface area (Å²) < 4.78 is 12.5. The summed E-state index contributed by atoms with van der Waals surface area (Å²) in [5.41, 5.74) is 2.06. The molecule has 2 aromatic heterocycles. The van der Waals surface area contributed by atoms with E-state index < -0.39 is 0 Å². The molecular weight excluding hydrogens is 324 g/mol. The van der Waals surface area contributed by atoms with Gasteiger partial charge in [-0.25, -0.2) is 4.68 Å². The summed E-state index contributed by atoms with van der Waals surface area (Å²) in [6, 6.07) is 9.89. The van der Waals surface area contributed by atoms with Gasteiger partial charge in [0.2, 0.25) is 5.16 Å². The fourth-order valence-corrected chi connectivity index (χ4v) is 3.06. The molecule has 7 heteroatoms. The highest BCUT2D eigenvalue weighted by molar-refractivity contribution is 7.99. The SMILES string of the molecule is Cc1cccc(OCCCSc2nnc(-c3ccoc3C)n2N)c1. The Hall–Kier alpha value is -2.41. The largest absolute Gasteiger partial charge is 0.494 e. The molecule has 2 heterocycles. The van der Waals surface area contributed by atoms with E-state index in [0.717, 1.165) is 29.2 Å². The van der Waals surface area contributed by atoms with Gasteiger partial charge in [0.15, 0.2) is 5.82 Å². The molecule has 0 saturated heterocycles. The fraction of sp³-hybridized carbons (Fsp3) is 0.294. The van der Waals surface area contributed by atoms with E-state index in [0.29, 0.717) is 17.6 Å². The van der Waals surface area contributed by atoms with E-state index in [-0.39, 0.29) is 0 Å². The molecule has 0 spiro atoms. The molecule has 0 aliphatic carbocycles. The van der Waals surface area contributed by atoms with E-state index >= 15 is 0 Å². The molecule has 3 aromatic rings. The maximum Gasteiger partial charge on any atom is 0.210 e. The lowest BCUT2D eigenvalue weighted by Crippen LogP contribution is -2.12. The lowest BCUT2D eigenvalue weighted by atomic mass is 10.2. The van der Waals surface area contributed by atoms with Gasteiger partial charge in [0.1, 0.15) is 11.5 Å². The van der Waals surface area contributed by atoms with Gasteiger partial charge in [-0.05, 0) is 44.0 Å². The summed E-state index contributed by atoms with van der Waals surface area (Å²) >= 11 is 1.56. The van der Waals surface area contributed by atoms with Crippen LogP contribution in [-0.4, -0.2) is 27.2 Å². The minimum absolute atomic E-state index is 0.611. The molecule has 6 nitrogen and oxygen atoms in total. The molecule has 126 valence electrons.